The molecular weight excluding hydrogens is 474 g/mol. The van der Waals surface area contributed by atoms with Crippen LogP contribution in [-0.4, -0.2) is 85.6 Å². The van der Waals surface area contributed by atoms with E-state index in [-0.39, 0.29) is 24.8 Å². The Labute approximate surface area is 213 Å². The summed E-state index contributed by atoms with van der Waals surface area (Å²) in [6.07, 6.45) is -1.27. The minimum atomic E-state index is -1.39. The van der Waals surface area contributed by atoms with Crippen LogP contribution < -0.4 is 5.73 Å². The summed E-state index contributed by atoms with van der Waals surface area (Å²) in [6.45, 7) is 5.70. The van der Waals surface area contributed by atoms with Gasteiger partial charge in [-0.2, -0.15) is 0 Å². The van der Waals surface area contributed by atoms with Crippen molar-refractivity contribution in [3.63, 3.8) is 0 Å². The van der Waals surface area contributed by atoms with Crippen molar-refractivity contribution >= 4 is 17.9 Å². The van der Waals surface area contributed by atoms with E-state index in [2.05, 4.69) is 0 Å². The number of carbonyl (C=O) groups is 3. The molecule has 8 N–H and O–H groups in total. The number of ether oxygens (including phenoxy) is 1. The Kier molecular flexibility index (Phi) is 17.5. The molecule has 0 amide bonds. The molecule has 0 aliphatic heterocycles. The molecule has 8 atom stereocenters. The molecule has 0 bridgehead atoms. The Morgan fingerprint density at radius 2 is 1.44 bits per heavy atom. The van der Waals surface area contributed by atoms with Crippen molar-refractivity contribution in [1.29, 1.82) is 0 Å². The summed E-state index contributed by atoms with van der Waals surface area (Å²) in [5.41, 5.74) is 5.31. The molecule has 36 heavy (non-hydrogen) atoms. The van der Waals surface area contributed by atoms with E-state index in [1.54, 1.807) is 0 Å². The monoisotopic (exact) mass is 521 g/mol. The summed E-state index contributed by atoms with van der Waals surface area (Å²) in [5.74, 6) is -5.02. The number of rotatable bonds is 21. The van der Waals surface area contributed by atoms with Crippen molar-refractivity contribution in [2.24, 2.45) is 23.5 Å². The molecule has 11 nitrogen and oxygen atoms in total. The van der Waals surface area contributed by atoms with Gasteiger partial charge in [0.15, 0.2) is 0 Å². The molecule has 212 valence electrons. The summed E-state index contributed by atoms with van der Waals surface area (Å²) >= 11 is 0. The highest BCUT2D eigenvalue weighted by atomic mass is 16.6. The van der Waals surface area contributed by atoms with Crippen LogP contribution in [0.4, 0.5) is 0 Å². The van der Waals surface area contributed by atoms with Gasteiger partial charge in [-0.1, -0.05) is 46.5 Å². The first-order chi connectivity index (χ1) is 16.8. The Bertz CT molecular complexity index is 646. The predicted molar refractivity (Wildman–Crippen MR) is 132 cm³/mol. The van der Waals surface area contributed by atoms with E-state index in [0.717, 1.165) is 19.3 Å². The first-order valence-corrected chi connectivity index (χ1v) is 12.9. The zero-order chi connectivity index (χ0) is 27.8. The number of carboxylic acids is 2. The number of aliphatic hydroxyl groups is 4. The Morgan fingerprint density at radius 1 is 0.833 bits per heavy atom. The molecule has 11 heteroatoms. The van der Waals surface area contributed by atoms with Gasteiger partial charge in [-0.05, 0) is 31.1 Å². The van der Waals surface area contributed by atoms with Crippen LogP contribution in [0.15, 0.2) is 0 Å². The number of carboxylic acid groups (broad SMARTS) is 2. The quantitative estimate of drug-likeness (QED) is 0.0845. The van der Waals surface area contributed by atoms with Gasteiger partial charge in [0, 0.05) is 13.0 Å². The van der Waals surface area contributed by atoms with Crippen molar-refractivity contribution in [2.45, 2.75) is 115 Å². The lowest BCUT2D eigenvalue weighted by atomic mass is 9.89. The molecule has 0 aromatic heterocycles. The number of esters is 1. The third-order valence-corrected chi connectivity index (χ3v) is 6.61. The van der Waals surface area contributed by atoms with Crippen LogP contribution in [-0.2, 0) is 19.1 Å². The first-order valence-electron chi connectivity index (χ1n) is 12.9. The van der Waals surface area contributed by atoms with Crippen molar-refractivity contribution in [3.05, 3.63) is 0 Å². The highest BCUT2D eigenvalue weighted by molar-refractivity contribution is 5.82. The molecule has 0 saturated heterocycles. The fourth-order valence-electron chi connectivity index (χ4n) is 4.08. The Balaban J connectivity index is 4.60. The minimum absolute atomic E-state index is 0.0260. The second-order valence-corrected chi connectivity index (χ2v) is 9.98. The van der Waals surface area contributed by atoms with Gasteiger partial charge in [0.1, 0.15) is 6.10 Å². The van der Waals surface area contributed by atoms with Crippen molar-refractivity contribution in [2.75, 3.05) is 6.54 Å². The molecule has 0 unspecified atom stereocenters. The number of hydrogen-bond acceptors (Lipinski definition) is 9. The molecule has 0 fully saturated rings. The standard InChI is InChI=1S/C25H47NO10/c1-4-16(3)24(36-23(33)12-17(25(34)35)11-22(31)32)21(30)10-15(2)8-6-5-7-9-19(28)20(29)13-18(27)14-26/h15-21,24,27-30H,4-14,26H2,1-3H3,(H,31,32)(H,34,35)/t15-,16+,17+,18-,19+,20-,21-,24+/m0/s1. The van der Waals surface area contributed by atoms with Crippen LogP contribution in [0.1, 0.15) is 85.0 Å². The molecule has 0 spiro atoms. The maximum Gasteiger partial charge on any atom is 0.307 e. The summed E-state index contributed by atoms with van der Waals surface area (Å²) in [4.78, 5) is 34.4. The van der Waals surface area contributed by atoms with Crippen LogP contribution in [0.2, 0.25) is 0 Å². The molecule has 0 aliphatic carbocycles. The Morgan fingerprint density at radius 3 is 1.97 bits per heavy atom. The summed E-state index contributed by atoms with van der Waals surface area (Å²) < 4.78 is 5.43. The lowest BCUT2D eigenvalue weighted by Gasteiger charge is -2.30. The smallest absolute Gasteiger partial charge is 0.307 e. The normalized spacial score (nSPS) is 18.3. The minimum Gasteiger partial charge on any atom is -0.481 e. The van der Waals surface area contributed by atoms with Gasteiger partial charge in [0.25, 0.3) is 0 Å². The number of unbranched alkanes of at least 4 members (excludes halogenated alkanes) is 2. The second kappa shape index (κ2) is 18.5. The molecule has 0 aliphatic rings. The summed E-state index contributed by atoms with van der Waals surface area (Å²) in [7, 11) is 0. The SMILES string of the molecule is CC[C@@H](C)[C@@H](OC(=O)C[C@@H](CC(=O)O)C(=O)O)[C@@H](O)C[C@@H](C)CCCCC[C@@H](O)[C@@H](O)C[C@H](O)CN. The number of carbonyl (C=O) groups excluding carboxylic acids is 1. The van der Waals surface area contributed by atoms with E-state index in [0.29, 0.717) is 25.7 Å². The topological polar surface area (TPSA) is 208 Å². The fourth-order valence-corrected chi connectivity index (χ4v) is 4.08. The van der Waals surface area contributed by atoms with Gasteiger partial charge >= 0.3 is 17.9 Å². The van der Waals surface area contributed by atoms with Gasteiger partial charge < -0.3 is 41.1 Å². The van der Waals surface area contributed by atoms with E-state index < -0.39 is 67.2 Å². The maximum absolute atomic E-state index is 12.3. The third-order valence-electron chi connectivity index (χ3n) is 6.61. The third kappa shape index (κ3) is 14.7. The second-order valence-electron chi connectivity index (χ2n) is 9.98. The number of aliphatic carboxylic acids is 2. The van der Waals surface area contributed by atoms with Crippen LogP contribution in [0, 0.1) is 17.8 Å². The van der Waals surface area contributed by atoms with Crippen LogP contribution in [0.25, 0.3) is 0 Å². The number of aliphatic hydroxyl groups excluding tert-OH is 4. The molecule has 0 rings (SSSR count). The Hall–Kier alpha value is -1.79. The first kappa shape index (κ1) is 34.2. The van der Waals surface area contributed by atoms with E-state index in [9.17, 15) is 34.8 Å². The van der Waals surface area contributed by atoms with Crippen LogP contribution in [0.3, 0.4) is 0 Å². The van der Waals surface area contributed by atoms with Gasteiger partial charge in [-0.25, -0.2) is 0 Å². The average Bonchev–Trinajstić information content (AvgIpc) is 2.80. The predicted octanol–water partition coefficient (Wildman–Crippen LogP) is 1.28. The van der Waals surface area contributed by atoms with Gasteiger partial charge in [-0.3, -0.25) is 14.4 Å². The number of hydrogen-bond donors (Lipinski definition) is 7. The lowest BCUT2D eigenvalue weighted by Crippen LogP contribution is -2.38. The number of nitrogens with two attached hydrogens (primary N) is 1. The molecule has 0 heterocycles. The van der Waals surface area contributed by atoms with E-state index in [1.807, 2.05) is 20.8 Å². The van der Waals surface area contributed by atoms with Gasteiger partial charge in [0.2, 0.25) is 0 Å². The highest BCUT2D eigenvalue weighted by Crippen LogP contribution is 2.24. The molecule has 0 aromatic rings. The summed E-state index contributed by atoms with van der Waals surface area (Å²) in [6, 6.07) is 0. The summed E-state index contributed by atoms with van der Waals surface area (Å²) in [5, 5.41) is 58.1. The van der Waals surface area contributed by atoms with E-state index >= 15 is 0 Å². The molecular formula is C25H47NO10. The molecule has 0 saturated carbocycles. The fraction of sp³-hybridized carbons (Fsp3) is 0.880. The molecule has 0 radical (unpaired) electrons. The highest BCUT2D eigenvalue weighted by Gasteiger charge is 2.32. The van der Waals surface area contributed by atoms with Crippen LogP contribution in [0.5, 0.6) is 0 Å². The zero-order valence-electron chi connectivity index (χ0n) is 21.8. The van der Waals surface area contributed by atoms with Gasteiger partial charge in [0.05, 0.1) is 43.2 Å². The van der Waals surface area contributed by atoms with E-state index in [4.69, 9.17) is 20.7 Å². The van der Waals surface area contributed by atoms with E-state index in [1.165, 1.54) is 0 Å². The zero-order valence-corrected chi connectivity index (χ0v) is 21.8. The molecule has 0 aromatic carbocycles. The van der Waals surface area contributed by atoms with Crippen molar-refractivity contribution in [1.82, 2.24) is 0 Å². The lowest BCUT2D eigenvalue weighted by molar-refractivity contribution is -0.164. The van der Waals surface area contributed by atoms with Crippen LogP contribution >= 0.6 is 0 Å². The largest absolute Gasteiger partial charge is 0.481 e. The maximum atomic E-state index is 12.3. The van der Waals surface area contributed by atoms with Gasteiger partial charge in [-0.15, -0.1) is 0 Å². The van der Waals surface area contributed by atoms with Crippen molar-refractivity contribution in [3.8, 4) is 0 Å². The van der Waals surface area contributed by atoms with Crippen molar-refractivity contribution < 1.29 is 49.8 Å². The average molecular weight is 522 g/mol.